The molecule has 0 saturated carbocycles. The Bertz CT molecular complexity index is 574. The molecule has 3 aliphatic rings. The van der Waals surface area contributed by atoms with E-state index in [1.165, 1.54) is 5.56 Å². The van der Waals surface area contributed by atoms with Crippen LogP contribution in [0.3, 0.4) is 0 Å². The molecule has 1 aromatic carbocycles. The molecular weight excluding hydrogens is 296 g/mol. The maximum atomic E-state index is 12.9. The van der Waals surface area contributed by atoms with E-state index in [9.17, 15) is 4.79 Å². The third kappa shape index (κ3) is 2.31. The first-order valence-electron chi connectivity index (χ1n) is 8.04. The van der Waals surface area contributed by atoms with E-state index in [-0.39, 0.29) is 11.8 Å². The Kier molecular flexibility index (Phi) is 3.78. The van der Waals surface area contributed by atoms with Gasteiger partial charge in [0, 0.05) is 48.7 Å². The van der Waals surface area contributed by atoms with Gasteiger partial charge < -0.3 is 9.64 Å². The van der Waals surface area contributed by atoms with E-state index in [0.717, 1.165) is 36.9 Å². The lowest BCUT2D eigenvalue weighted by Crippen LogP contribution is -2.44. The third-order valence-corrected chi connectivity index (χ3v) is 6.13. The number of ether oxygens (including phenoxy) is 1. The molecule has 5 heteroatoms. The molecule has 0 aliphatic carbocycles. The minimum Gasteiger partial charge on any atom is -0.493 e. The molecule has 4 rings (SSSR count). The molecule has 0 N–H and O–H groups in total. The van der Waals surface area contributed by atoms with Crippen molar-refractivity contribution in [2.24, 2.45) is 11.8 Å². The van der Waals surface area contributed by atoms with Crippen molar-refractivity contribution < 1.29 is 9.53 Å². The first-order valence-corrected chi connectivity index (χ1v) is 9.19. The van der Waals surface area contributed by atoms with E-state index in [1.54, 1.807) is 0 Å². The van der Waals surface area contributed by atoms with Crippen LogP contribution >= 0.6 is 11.8 Å². The highest BCUT2D eigenvalue weighted by atomic mass is 32.2. The van der Waals surface area contributed by atoms with Gasteiger partial charge in [-0.15, -0.1) is 0 Å². The largest absolute Gasteiger partial charge is 0.493 e. The molecule has 2 fully saturated rings. The average Bonchev–Trinajstić information content (AvgIpc) is 2.92. The van der Waals surface area contributed by atoms with E-state index in [4.69, 9.17) is 4.74 Å². The molecule has 1 aromatic rings. The number of thioether (sulfide) groups is 1. The molecule has 0 spiro atoms. The number of benzene rings is 1. The molecule has 3 heterocycles. The molecule has 0 bridgehead atoms. The van der Waals surface area contributed by atoms with Gasteiger partial charge in [0.2, 0.25) is 5.91 Å². The van der Waals surface area contributed by atoms with Crippen molar-refractivity contribution in [3.63, 3.8) is 0 Å². The summed E-state index contributed by atoms with van der Waals surface area (Å²) in [6, 6.07) is 8.58. The Morgan fingerprint density at radius 3 is 2.86 bits per heavy atom. The lowest BCUT2D eigenvalue weighted by molar-refractivity contribution is -0.136. The fraction of sp³-hybridized carbons (Fsp3) is 0.588. The van der Waals surface area contributed by atoms with Gasteiger partial charge in [-0.25, -0.2) is 0 Å². The topological polar surface area (TPSA) is 32.8 Å². The number of hydrogen-bond acceptors (Lipinski definition) is 4. The summed E-state index contributed by atoms with van der Waals surface area (Å²) in [7, 11) is 2.14. The van der Waals surface area contributed by atoms with Gasteiger partial charge >= 0.3 is 0 Å². The minimum absolute atomic E-state index is 0.0754. The molecule has 1 amide bonds. The molecule has 118 valence electrons. The standard InChI is InChI=1S/C17H22N2O2S/c1-18-10-13(17(20)19-6-8-22-9-7-19)14-11-21-15-5-3-2-4-12(15)16(14)18/h2-5,13-14,16H,6-11H2,1H3/t13-,14+,16+/m1/s1. The summed E-state index contributed by atoms with van der Waals surface area (Å²) in [6.07, 6.45) is 0. The number of hydrogen-bond donors (Lipinski definition) is 0. The van der Waals surface area contributed by atoms with E-state index in [0.29, 0.717) is 18.6 Å². The predicted molar refractivity (Wildman–Crippen MR) is 88.2 cm³/mol. The van der Waals surface area contributed by atoms with E-state index >= 15 is 0 Å². The smallest absolute Gasteiger partial charge is 0.227 e. The second-order valence-corrected chi connectivity index (χ2v) is 7.67. The number of amides is 1. The Morgan fingerprint density at radius 1 is 1.27 bits per heavy atom. The molecule has 2 saturated heterocycles. The number of nitrogens with zero attached hydrogens (tertiary/aromatic N) is 2. The second-order valence-electron chi connectivity index (χ2n) is 6.44. The molecule has 3 aliphatic heterocycles. The van der Waals surface area contributed by atoms with Crippen molar-refractivity contribution in [3.05, 3.63) is 29.8 Å². The van der Waals surface area contributed by atoms with Gasteiger partial charge in [0.25, 0.3) is 0 Å². The minimum atomic E-state index is 0.0754. The summed E-state index contributed by atoms with van der Waals surface area (Å²) in [4.78, 5) is 17.4. The van der Waals surface area contributed by atoms with Crippen LogP contribution in [0.15, 0.2) is 24.3 Å². The second kappa shape index (κ2) is 5.78. The fourth-order valence-electron chi connectivity index (χ4n) is 4.10. The van der Waals surface area contributed by atoms with Crippen LogP contribution in [0, 0.1) is 11.8 Å². The summed E-state index contributed by atoms with van der Waals surface area (Å²) < 4.78 is 5.95. The van der Waals surface area contributed by atoms with Gasteiger partial charge in [0.05, 0.1) is 12.5 Å². The summed E-state index contributed by atoms with van der Waals surface area (Å²) in [5.74, 6) is 3.82. The van der Waals surface area contributed by atoms with Crippen molar-refractivity contribution in [1.29, 1.82) is 0 Å². The lowest BCUT2D eigenvalue weighted by atomic mass is 9.84. The van der Waals surface area contributed by atoms with Crippen molar-refractivity contribution in [2.75, 3.05) is 44.8 Å². The van der Waals surface area contributed by atoms with Crippen LogP contribution in [0.25, 0.3) is 0 Å². The van der Waals surface area contributed by atoms with Crippen LogP contribution in [-0.4, -0.2) is 60.5 Å². The normalized spacial score (nSPS) is 31.3. The molecular formula is C17H22N2O2S. The number of carbonyl (C=O) groups is 1. The van der Waals surface area contributed by atoms with Crippen molar-refractivity contribution in [3.8, 4) is 5.75 Å². The highest BCUT2D eigenvalue weighted by molar-refractivity contribution is 7.99. The Hall–Kier alpha value is -1.20. The van der Waals surface area contributed by atoms with Gasteiger partial charge in [0.1, 0.15) is 5.75 Å². The molecule has 3 atom stereocenters. The van der Waals surface area contributed by atoms with Crippen LogP contribution in [0.4, 0.5) is 0 Å². The van der Waals surface area contributed by atoms with Crippen molar-refractivity contribution >= 4 is 17.7 Å². The zero-order valence-corrected chi connectivity index (χ0v) is 13.7. The van der Waals surface area contributed by atoms with Gasteiger partial charge in [-0.05, 0) is 13.1 Å². The molecule has 4 nitrogen and oxygen atoms in total. The van der Waals surface area contributed by atoms with E-state index in [1.807, 2.05) is 23.9 Å². The van der Waals surface area contributed by atoms with Gasteiger partial charge in [-0.3, -0.25) is 9.69 Å². The maximum absolute atomic E-state index is 12.9. The van der Waals surface area contributed by atoms with Crippen LogP contribution in [0.5, 0.6) is 5.75 Å². The fourth-order valence-corrected chi connectivity index (χ4v) is 5.01. The van der Waals surface area contributed by atoms with Crippen molar-refractivity contribution in [2.45, 2.75) is 6.04 Å². The Labute approximate surface area is 135 Å². The number of fused-ring (bicyclic) bond motifs is 3. The summed E-state index contributed by atoms with van der Waals surface area (Å²) in [6.45, 7) is 3.30. The van der Waals surface area contributed by atoms with Crippen LogP contribution < -0.4 is 4.74 Å². The van der Waals surface area contributed by atoms with Crippen LogP contribution in [-0.2, 0) is 4.79 Å². The lowest BCUT2D eigenvalue weighted by Gasteiger charge is -2.34. The summed E-state index contributed by atoms with van der Waals surface area (Å²) in [5, 5.41) is 0. The van der Waals surface area contributed by atoms with Crippen LogP contribution in [0.2, 0.25) is 0 Å². The highest BCUT2D eigenvalue weighted by Crippen LogP contribution is 2.46. The average molecular weight is 318 g/mol. The number of likely N-dealkylation sites (tertiary alicyclic amines) is 1. The molecule has 0 radical (unpaired) electrons. The zero-order valence-electron chi connectivity index (χ0n) is 12.9. The van der Waals surface area contributed by atoms with Crippen LogP contribution in [0.1, 0.15) is 11.6 Å². The van der Waals surface area contributed by atoms with Gasteiger partial charge in [-0.1, -0.05) is 18.2 Å². The monoisotopic (exact) mass is 318 g/mol. The third-order valence-electron chi connectivity index (χ3n) is 5.19. The Morgan fingerprint density at radius 2 is 2.05 bits per heavy atom. The van der Waals surface area contributed by atoms with Gasteiger partial charge in [0.15, 0.2) is 0 Å². The predicted octanol–water partition coefficient (Wildman–Crippen LogP) is 1.87. The van der Waals surface area contributed by atoms with Gasteiger partial charge in [-0.2, -0.15) is 11.8 Å². The quantitative estimate of drug-likeness (QED) is 0.791. The molecule has 22 heavy (non-hydrogen) atoms. The highest BCUT2D eigenvalue weighted by Gasteiger charge is 2.48. The zero-order chi connectivity index (χ0) is 15.1. The number of para-hydroxylation sites is 1. The number of carbonyl (C=O) groups excluding carboxylic acids is 1. The van der Waals surface area contributed by atoms with E-state index < -0.39 is 0 Å². The molecule has 0 aromatic heterocycles. The Balaban J connectivity index is 1.59. The SMILES string of the molecule is CN1C[C@@H](C(=O)N2CCSCC2)[C@@H]2COc3ccccc3[C@@H]21. The first kappa shape index (κ1) is 14.4. The first-order chi connectivity index (χ1) is 10.8. The van der Waals surface area contributed by atoms with Crippen molar-refractivity contribution in [1.82, 2.24) is 9.80 Å². The maximum Gasteiger partial charge on any atom is 0.227 e. The number of rotatable bonds is 1. The summed E-state index contributed by atoms with van der Waals surface area (Å²) in [5.41, 5.74) is 1.24. The molecule has 0 unspecified atom stereocenters. The van der Waals surface area contributed by atoms with E-state index in [2.05, 4.69) is 29.0 Å². The summed E-state index contributed by atoms with van der Waals surface area (Å²) >= 11 is 1.94.